The minimum Gasteiger partial charge on any atom is -0.480 e. The Morgan fingerprint density at radius 1 is 1.58 bits per heavy atom. The van der Waals surface area contributed by atoms with Crippen molar-refractivity contribution in [2.75, 3.05) is 18.2 Å². The molecule has 1 heterocycles. The summed E-state index contributed by atoms with van der Waals surface area (Å²) in [6, 6.07) is -0.849. The Labute approximate surface area is 117 Å². The molecule has 19 heavy (non-hydrogen) atoms. The lowest BCUT2D eigenvalue weighted by molar-refractivity contribution is -0.147. The van der Waals surface area contributed by atoms with E-state index in [0.717, 1.165) is 0 Å². The number of nitrogens with one attached hydrogen (secondary N) is 1. The molecule has 0 aromatic heterocycles. The fourth-order valence-corrected chi connectivity index (χ4v) is 2.89. The minimum atomic E-state index is -1.06. The van der Waals surface area contributed by atoms with Crippen LogP contribution < -0.4 is 5.32 Å². The zero-order valence-corrected chi connectivity index (χ0v) is 11.7. The summed E-state index contributed by atoms with van der Waals surface area (Å²) >= 11 is 1.91. The molecule has 2 N–H and O–H groups in total. The SMILES string of the molecule is CC(SN=O)C(=O)NCC(=O)N1CSCC1C(=O)O. The van der Waals surface area contributed by atoms with Gasteiger partial charge in [-0.3, -0.25) is 9.59 Å². The van der Waals surface area contributed by atoms with Crippen molar-refractivity contribution in [1.29, 1.82) is 0 Å². The molecule has 0 aliphatic carbocycles. The first-order chi connectivity index (χ1) is 8.97. The van der Waals surface area contributed by atoms with Crippen molar-refractivity contribution in [3.63, 3.8) is 0 Å². The number of thioether (sulfide) groups is 1. The van der Waals surface area contributed by atoms with Gasteiger partial charge in [-0.15, -0.1) is 16.7 Å². The van der Waals surface area contributed by atoms with Gasteiger partial charge in [0, 0.05) is 22.3 Å². The average Bonchev–Trinajstić information content (AvgIpc) is 2.85. The Morgan fingerprint density at radius 2 is 2.26 bits per heavy atom. The zero-order valence-electron chi connectivity index (χ0n) is 10.1. The normalized spacial score (nSPS) is 19.8. The lowest BCUT2D eigenvalue weighted by atomic mass is 10.3. The number of aliphatic carboxylic acids is 1. The topological polar surface area (TPSA) is 116 Å². The number of hydrogen-bond donors (Lipinski definition) is 2. The summed E-state index contributed by atoms with van der Waals surface area (Å²) in [5.41, 5.74) is 0. The highest BCUT2D eigenvalue weighted by Crippen LogP contribution is 2.20. The van der Waals surface area contributed by atoms with E-state index in [-0.39, 0.29) is 6.54 Å². The third kappa shape index (κ3) is 4.39. The van der Waals surface area contributed by atoms with E-state index < -0.39 is 29.1 Å². The molecule has 0 radical (unpaired) electrons. The van der Waals surface area contributed by atoms with E-state index in [1.54, 1.807) is 0 Å². The second-order valence-electron chi connectivity index (χ2n) is 3.76. The number of carboxylic acids is 1. The van der Waals surface area contributed by atoms with E-state index >= 15 is 0 Å². The molecule has 1 fully saturated rings. The quantitative estimate of drug-likeness (QED) is 0.519. The van der Waals surface area contributed by atoms with Gasteiger partial charge in [-0.2, -0.15) is 0 Å². The summed E-state index contributed by atoms with van der Waals surface area (Å²) in [5, 5.41) is 10.6. The van der Waals surface area contributed by atoms with Crippen LogP contribution in [0.5, 0.6) is 0 Å². The molecule has 1 aliphatic heterocycles. The summed E-state index contributed by atoms with van der Waals surface area (Å²) in [7, 11) is 0. The van der Waals surface area contributed by atoms with E-state index in [1.165, 1.54) is 23.6 Å². The Balaban J connectivity index is 2.45. The molecular formula is C9H13N3O5S2. The Kier molecular flexibility index (Phi) is 6.09. The maximum Gasteiger partial charge on any atom is 0.327 e. The number of carboxylic acid groups (broad SMARTS) is 1. The van der Waals surface area contributed by atoms with Gasteiger partial charge in [0.25, 0.3) is 0 Å². The van der Waals surface area contributed by atoms with Crippen LogP contribution in [0, 0.1) is 4.91 Å². The maximum absolute atomic E-state index is 11.8. The first kappa shape index (κ1) is 15.8. The van der Waals surface area contributed by atoms with Gasteiger partial charge in [0.2, 0.25) is 11.8 Å². The maximum atomic E-state index is 11.8. The second-order valence-corrected chi connectivity index (χ2v) is 5.82. The highest BCUT2D eigenvalue weighted by Gasteiger charge is 2.34. The number of carbonyl (C=O) groups is 3. The smallest absolute Gasteiger partial charge is 0.327 e. The minimum absolute atomic E-state index is 0.285. The predicted octanol–water partition coefficient (Wildman–Crippen LogP) is -0.108. The molecular weight excluding hydrogens is 294 g/mol. The first-order valence-electron chi connectivity index (χ1n) is 5.33. The highest BCUT2D eigenvalue weighted by molar-refractivity contribution is 7.99. The second kappa shape index (κ2) is 7.34. The van der Waals surface area contributed by atoms with Crippen molar-refractivity contribution >= 4 is 41.5 Å². The Morgan fingerprint density at radius 3 is 2.84 bits per heavy atom. The standard InChI is InChI=1S/C9H13N3O5S2/c1-5(19-11-17)8(14)10-2-7(13)12-4-18-3-6(12)9(15)16/h5-6H,2-4H2,1H3,(H,10,14)(H,15,16). The van der Waals surface area contributed by atoms with Crippen LogP contribution in [-0.2, 0) is 14.4 Å². The van der Waals surface area contributed by atoms with Crippen molar-refractivity contribution in [1.82, 2.24) is 10.2 Å². The molecule has 1 rings (SSSR count). The largest absolute Gasteiger partial charge is 0.480 e. The predicted molar refractivity (Wildman–Crippen MR) is 71.5 cm³/mol. The van der Waals surface area contributed by atoms with Crippen LogP contribution in [0.2, 0.25) is 0 Å². The van der Waals surface area contributed by atoms with Gasteiger partial charge in [-0.1, -0.05) is 0 Å². The van der Waals surface area contributed by atoms with Crippen molar-refractivity contribution in [2.24, 2.45) is 4.58 Å². The molecule has 2 unspecified atom stereocenters. The Bertz CT molecular complexity index is 392. The van der Waals surface area contributed by atoms with Gasteiger partial charge in [-0.25, -0.2) is 4.79 Å². The molecule has 0 spiro atoms. The summed E-state index contributed by atoms with van der Waals surface area (Å²) in [5.74, 6) is -1.36. The molecule has 1 saturated heterocycles. The molecule has 10 heteroatoms. The molecule has 8 nitrogen and oxygen atoms in total. The number of hydrogen-bond acceptors (Lipinski definition) is 7. The molecule has 0 aromatic carbocycles. The molecule has 0 aromatic rings. The molecule has 2 atom stereocenters. The van der Waals surface area contributed by atoms with Crippen molar-refractivity contribution in [3.8, 4) is 0 Å². The van der Waals surface area contributed by atoms with Crippen LogP contribution in [0.1, 0.15) is 6.92 Å². The summed E-state index contributed by atoms with van der Waals surface area (Å²) in [6.45, 7) is 1.20. The van der Waals surface area contributed by atoms with Crippen LogP contribution in [0.15, 0.2) is 4.58 Å². The first-order valence-corrected chi connectivity index (χ1v) is 7.32. The van der Waals surface area contributed by atoms with Gasteiger partial charge in [0.15, 0.2) is 0 Å². The van der Waals surface area contributed by atoms with Crippen LogP contribution in [0.4, 0.5) is 0 Å². The monoisotopic (exact) mass is 307 g/mol. The van der Waals surface area contributed by atoms with Crippen LogP contribution in [0.3, 0.4) is 0 Å². The van der Waals surface area contributed by atoms with Gasteiger partial charge < -0.3 is 15.3 Å². The lowest BCUT2D eigenvalue weighted by Crippen LogP contribution is -2.47. The Hall–Kier alpha value is -1.29. The van der Waals surface area contributed by atoms with Gasteiger partial charge in [-0.05, 0) is 6.92 Å². The third-order valence-corrected chi connectivity index (χ3v) is 4.10. The fraction of sp³-hybridized carbons (Fsp3) is 0.667. The molecule has 106 valence electrons. The summed E-state index contributed by atoms with van der Waals surface area (Å²) in [4.78, 5) is 45.3. The molecule has 2 amide bonds. The van der Waals surface area contributed by atoms with E-state index in [9.17, 15) is 19.3 Å². The van der Waals surface area contributed by atoms with E-state index in [2.05, 4.69) is 9.90 Å². The van der Waals surface area contributed by atoms with Crippen LogP contribution in [-0.4, -0.2) is 57.3 Å². The average molecular weight is 307 g/mol. The third-order valence-electron chi connectivity index (χ3n) is 2.47. The summed E-state index contributed by atoms with van der Waals surface area (Å²) in [6.07, 6.45) is 0. The van der Waals surface area contributed by atoms with Gasteiger partial charge in [0.1, 0.15) is 11.3 Å². The van der Waals surface area contributed by atoms with Crippen molar-refractivity contribution < 1.29 is 19.5 Å². The number of nitroso groups, excluding NO2 is 1. The number of nitrogens with zero attached hydrogens (tertiary/aromatic N) is 2. The van der Waals surface area contributed by atoms with E-state index in [1.807, 2.05) is 0 Å². The molecule has 1 aliphatic rings. The van der Waals surface area contributed by atoms with E-state index in [0.29, 0.717) is 23.6 Å². The fourth-order valence-electron chi connectivity index (χ4n) is 1.41. The molecule has 0 saturated carbocycles. The van der Waals surface area contributed by atoms with Gasteiger partial charge >= 0.3 is 5.97 Å². The highest BCUT2D eigenvalue weighted by atomic mass is 32.2. The van der Waals surface area contributed by atoms with E-state index in [4.69, 9.17) is 5.11 Å². The lowest BCUT2D eigenvalue weighted by Gasteiger charge is -2.20. The molecule has 0 bridgehead atoms. The number of carbonyl (C=O) groups excluding carboxylic acids is 2. The van der Waals surface area contributed by atoms with Crippen LogP contribution >= 0.6 is 23.7 Å². The number of amides is 2. The van der Waals surface area contributed by atoms with Gasteiger partial charge in [0.05, 0.1) is 12.4 Å². The van der Waals surface area contributed by atoms with Crippen molar-refractivity contribution in [2.45, 2.75) is 18.2 Å². The van der Waals surface area contributed by atoms with Crippen molar-refractivity contribution in [3.05, 3.63) is 4.91 Å². The zero-order chi connectivity index (χ0) is 14.4. The van der Waals surface area contributed by atoms with Crippen LogP contribution in [0.25, 0.3) is 0 Å². The summed E-state index contributed by atoms with van der Waals surface area (Å²) < 4.78 is 2.53. The number of rotatable bonds is 6.